The van der Waals surface area contributed by atoms with Gasteiger partial charge in [0.25, 0.3) is 5.91 Å². The highest BCUT2D eigenvalue weighted by atomic mass is 32.1. The first-order valence-electron chi connectivity index (χ1n) is 5.96. The lowest BCUT2D eigenvalue weighted by Crippen LogP contribution is -2.44. The first-order chi connectivity index (χ1) is 8.18. The van der Waals surface area contributed by atoms with Gasteiger partial charge in [0.05, 0.1) is 5.69 Å². The molecule has 0 radical (unpaired) electrons. The van der Waals surface area contributed by atoms with Gasteiger partial charge in [0, 0.05) is 19.6 Å². The van der Waals surface area contributed by atoms with Crippen LogP contribution in [0.1, 0.15) is 34.6 Å². The number of carbonyl (C=O) groups excluding carboxylic acids is 1. The van der Waals surface area contributed by atoms with Gasteiger partial charge in [-0.1, -0.05) is 10.9 Å². The Morgan fingerprint density at radius 3 is 3.00 bits per heavy atom. The van der Waals surface area contributed by atoms with Crippen LogP contribution in [0, 0.1) is 6.92 Å². The van der Waals surface area contributed by atoms with Crippen molar-refractivity contribution < 1.29 is 4.79 Å². The van der Waals surface area contributed by atoms with Crippen LogP contribution in [0.5, 0.6) is 0 Å². The van der Waals surface area contributed by atoms with E-state index >= 15 is 0 Å². The van der Waals surface area contributed by atoms with Gasteiger partial charge < -0.3 is 10.2 Å². The lowest BCUT2D eigenvalue weighted by Gasteiger charge is -2.27. The molecule has 0 saturated carbocycles. The van der Waals surface area contributed by atoms with Crippen LogP contribution in [0.2, 0.25) is 0 Å². The van der Waals surface area contributed by atoms with E-state index in [1.807, 2.05) is 14.0 Å². The van der Waals surface area contributed by atoms with E-state index in [0.717, 1.165) is 25.2 Å². The van der Waals surface area contributed by atoms with Crippen LogP contribution in [0.3, 0.4) is 0 Å². The topological polar surface area (TPSA) is 58.1 Å². The minimum absolute atomic E-state index is 0.0323. The number of rotatable bonds is 3. The molecule has 1 aliphatic rings. The standard InChI is InChI=1S/C11H18N4OS/c1-8-10(17-14-13-8)11(16)15(2)7-9-5-3-4-6-12-9/h9,12H,3-7H2,1-2H3. The number of nitrogens with zero attached hydrogens (tertiary/aromatic N) is 3. The number of hydrogen-bond acceptors (Lipinski definition) is 5. The second-order valence-electron chi connectivity index (χ2n) is 4.52. The maximum absolute atomic E-state index is 12.1. The van der Waals surface area contributed by atoms with Gasteiger partial charge in [0.1, 0.15) is 4.88 Å². The van der Waals surface area contributed by atoms with Gasteiger partial charge in [-0.05, 0) is 37.8 Å². The minimum Gasteiger partial charge on any atom is -0.339 e. The van der Waals surface area contributed by atoms with Crippen LogP contribution >= 0.6 is 11.5 Å². The predicted octanol–water partition coefficient (Wildman–Crippen LogP) is 1.06. The van der Waals surface area contributed by atoms with Crippen molar-refractivity contribution in [2.45, 2.75) is 32.2 Å². The zero-order valence-corrected chi connectivity index (χ0v) is 11.1. The van der Waals surface area contributed by atoms with Crippen molar-refractivity contribution in [2.24, 2.45) is 0 Å². The Hall–Kier alpha value is -1.01. The molecule has 1 N–H and O–H groups in total. The van der Waals surface area contributed by atoms with Gasteiger partial charge in [-0.3, -0.25) is 4.79 Å². The lowest BCUT2D eigenvalue weighted by molar-refractivity contribution is 0.0779. The van der Waals surface area contributed by atoms with Gasteiger partial charge in [0.2, 0.25) is 0 Å². The van der Waals surface area contributed by atoms with E-state index in [0.29, 0.717) is 10.9 Å². The molecule has 0 bridgehead atoms. The molecule has 5 nitrogen and oxygen atoms in total. The van der Waals surface area contributed by atoms with Crippen molar-refractivity contribution in [3.63, 3.8) is 0 Å². The maximum atomic E-state index is 12.1. The van der Waals surface area contributed by atoms with Crippen LogP contribution in [0.15, 0.2) is 0 Å². The molecule has 0 aliphatic carbocycles. The molecule has 1 aliphatic heterocycles. The van der Waals surface area contributed by atoms with Crippen molar-refractivity contribution in [3.05, 3.63) is 10.6 Å². The Kier molecular flexibility index (Phi) is 4.06. The summed E-state index contributed by atoms with van der Waals surface area (Å²) in [5, 5.41) is 7.32. The van der Waals surface area contributed by atoms with E-state index in [2.05, 4.69) is 14.9 Å². The second-order valence-corrected chi connectivity index (χ2v) is 5.27. The first kappa shape index (κ1) is 12.4. The zero-order chi connectivity index (χ0) is 12.3. The number of amides is 1. The van der Waals surface area contributed by atoms with Crippen molar-refractivity contribution in [2.75, 3.05) is 20.1 Å². The third kappa shape index (κ3) is 3.01. The van der Waals surface area contributed by atoms with E-state index in [1.54, 1.807) is 4.90 Å². The van der Waals surface area contributed by atoms with Crippen molar-refractivity contribution in [1.82, 2.24) is 19.8 Å². The summed E-state index contributed by atoms with van der Waals surface area (Å²) in [5.74, 6) is 0.0323. The molecule has 0 spiro atoms. The Labute approximate surface area is 105 Å². The third-order valence-electron chi connectivity index (χ3n) is 3.10. The summed E-state index contributed by atoms with van der Waals surface area (Å²) in [7, 11) is 1.85. The molecule has 1 saturated heterocycles. The second kappa shape index (κ2) is 5.55. The monoisotopic (exact) mass is 254 g/mol. The summed E-state index contributed by atoms with van der Waals surface area (Å²) in [6, 6.07) is 0.430. The Balaban J connectivity index is 1.93. The largest absolute Gasteiger partial charge is 0.339 e. The summed E-state index contributed by atoms with van der Waals surface area (Å²) in [6.07, 6.45) is 3.64. The molecule has 0 aromatic carbocycles. The van der Waals surface area contributed by atoms with Crippen molar-refractivity contribution >= 4 is 17.4 Å². The number of piperidine rings is 1. The first-order valence-corrected chi connectivity index (χ1v) is 6.73. The fraction of sp³-hybridized carbons (Fsp3) is 0.727. The molecular formula is C11H18N4OS. The minimum atomic E-state index is 0.0323. The molecule has 94 valence electrons. The molecule has 1 aromatic rings. The number of hydrogen-bond donors (Lipinski definition) is 1. The van der Waals surface area contributed by atoms with E-state index in [4.69, 9.17) is 0 Å². The molecule has 1 fully saturated rings. The molecule has 2 heterocycles. The van der Waals surface area contributed by atoms with Gasteiger partial charge in [-0.2, -0.15) is 0 Å². The highest BCUT2D eigenvalue weighted by molar-refractivity contribution is 7.07. The Morgan fingerprint density at radius 2 is 2.41 bits per heavy atom. The number of aromatic nitrogens is 2. The number of carbonyl (C=O) groups is 1. The molecule has 1 atom stereocenters. The van der Waals surface area contributed by atoms with Gasteiger partial charge in [-0.15, -0.1) is 5.10 Å². The number of nitrogens with one attached hydrogen (secondary N) is 1. The van der Waals surface area contributed by atoms with Crippen LogP contribution in [-0.4, -0.2) is 46.6 Å². The molecular weight excluding hydrogens is 236 g/mol. The van der Waals surface area contributed by atoms with Crippen LogP contribution < -0.4 is 5.32 Å². The highest BCUT2D eigenvalue weighted by Gasteiger charge is 2.21. The number of aryl methyl sites for hydroxylation is 1. The fourth-order valence-electron chi connectivity index (χ4n) is 2.09. The van der Waals surface area contributed by atoms with Crippen LogP contribution in [0.25, 0.3) is 0 Å². The average molecular weight is 254 g/mol. The van der Waals surface area contributed by atoms with Crippen LogP contribution in [0.4, 0.5) is 0 Å². The quantitative estimate of drug-likeness (QED) is 0.876. The zero-order valence-electron chi connectivity index (χ0n) is 10.3. The fourth-order valence-corrected chi connectivity index (χ4v) is 2.75. The SMILES string of the molecule is Cc1nnsc1C(=O)N(C)CC1CCCCN1. The van der Waals surface area contributed by atoms with Gasteiger partial charge in [0.15, 0.2) is 0 Å². The maximum Gasteiger partial charge on any atom is 0.267 e. The molecule has 17 heavy (non-hydrogen) atoms. The lowest BCUT2D eigenvalue weighted by atomic mass is 10.0. The summed E-state index contributed by atoms with van der Waals surface area (Å²) >= 11 is 1.18. The van der Waals surface area contributed by atoms with E-state index in [9.17, 15) is 4.79 Å². The van der Waals surface area contributed by atoms with Gasteiger partial charge >= 0.3 is 0 Å². The summed E-state index contributed by atoms with van der Waals surface area (Å²) in [6.45, 7) is 3.65. The van der Waals surface area contributed by atoms with Crippen molar-refractivity contribution in [3.8, 4) is 0 Å². The summed E-state index contributed by atoms with van der Waals surface area (Å²) < 4.78 is 3.80. The Bertz CT molecular complexity index is 387. The number of likely N-dealkylation sites (N-methyl/N-ethyl adjacent to an activating group) is 1. The average Bonchev–Trinajstić information content (AvgIpc) is 2.76. The van der Waals surface area contributed by atoms with E-state index in [-0.39, 0.29) is 5.91 Å². The summed E-state index contributed by atoms with van der Waals surface area (Å²) in [4.78, 5) is 14.6. The van der Waals surface area contributed by atoms with E-state index < -0.39 is 0 Å². The van der Waals surface area contributed by atoms with E-state index in [1.165, 1.54) is 24.4 Å². The molecule has 6 heteroatoms. The van der Waals surface area contributed by atoms with Crippen LogP contribution in [-0.2, 0) is 0 Å². The smallest absolute Gasteiger partial charge is 0.267 e. The Morgan fingerprint density at radius 1 is 1.59 bits per heavy atom. The summed E-state index contributed by atoms with van der Waals surface area (Å²) in [5.41, 5.74) is 0.725. The predicted molar refractivity (Wildman–Crippen MR) is 67.2 cm³/mol. The molecule has 1 amide bonds. The van der Waals surface area contributed by atoms with Gasteiger partial charge in [-0.25, -0.2) is 0 Å². The third-order valence-corrected chi connectivity index (χ3v) is 3.92. The normalized spacial score (nSPS) is 20.2. The van der Waals surface area contributed by atoms with Crippen molar-refractivity contribution in [1.29, 1.82) is 0 Å². The molecule has 1 aromatic heterocycles. The molecule has 1 unspecified atom stereocenters. The highest BCUT2D eigenvalue weighted by Crippen LogP contribution is 2.14. The molecule has 2 rings (SSSR count).